The zero-order chi connectivity index (χ0) is 14.8. The highest BCUT2D eigenvalue weighted by Gasteiger charge is 2.08. The summed E-state index contributed by atoms with van der Waals surface area (Å²) in [6.07, 6.45) is 10.4. The van der Waals surface area contributed by atoms with Crippen LogP contribution in [0.2, 0.25) is 0 Å². The lowest BCUT2D eigenvalue weighted by molar-refractivity contribution is -0.131. The molecular formula is C15H23N3O2. The van der Waals surface area contributed by atoms with Crippen LogP contribution in [0.15, 0.2) is 18.5 Å². The number of aromatic nitrogens is 2. The molecule has 0 aliphatic rings. The highest BCUT2D eigenvalue weighted by molar-refractivity contribution is 5.85. The van der Waals surface area contributed by atoms with Gasteiger partial charge >= 0.3 is 5.97 Å². The first-order valence-electron chi connectivity index (χ1n) is 7.15. The Morgan fingerprint density at radius 3 is 2.20 bits per heavy atom. The Hall–Kier alpha value is -1.91. The van der Waals surface area contributed by atoms with Gasteiger partial charge in [-0.3, -0.25) is 0 Å². The van der Waals surface area contributed by atoms with Crippen molar-refractivity contribution in [1.82, 2.24) is 9.97 Å². The molecule has 0 aromatic carbocycles. The minimum atomic E-state index is -0.971. The van der Waals surface area contributed by atoms with E-state index in [0.717, 1.165) is 50.8 Å². The maximum absolute atomic E-state index is 10.4. The van der Waals surface area contributed by atoms with Crippen molar-refractivity contribution >= 4 is 18.0 Å². The van der Waals surface area contributed by atoms with Crippen LogP contribution in [0.25, 0.3) is 6.08 Å². The molecule has 1 aromatic rings. The molecule has 0 spiro atoms. The van der Waals surface area contributed by atoms with E-state index < -0.39 is 5.97 Å². The number of carboxylic acid groups (broad SMARTS) is 1. The van der Waals surface area contributed by atoms with Crippen LogP contribution in [-0.2, 0) is 4.79 Å². The molecule has 20 heavy (non-hydrogen) atoms. The van der Waals surface area contributed by atoms with Crippen molar-refractivity contribution in [2.75, 3.05) is 18.0 Å². The van der Waals surface area contributed by atoms with E-state index in [2.05, 4.69) is 28.7 Å². The third-order valence-electron chi connectivity index (χ3n) is 2.92. The van der Waals surface area contributed by atoms with Crippen LogP contribution in [0.3, 0.4) is 0 Å². The smallest absolute Gasteiger partial charge is 0.328 e. The zero-order valence-electron chi connectivity index (χ0n) is 12.2. The van der Waals surface area contributed by atoms with Crippen LogP contribution in [0.5, 0.6) is 0 Å². The fraction of sp³-hybridized carbons (Fsp3) is 0.533. The van der Waals surface area contributed by atoms with E-state index >= 15 is 0 Å². The average Bonchev–Trinajstić information content (AvgIpc) is 2.46. The van der Waals surface area contributed by atoms with Crippen molar-refractivity contribution in [1.29, 1.82) is 0 Å². The second-order valence-corrected chi connectivity index (χ2v) is 4.68. The topological polar surface area (TPSA) is 66.3 Å². The van der Waals surface area contributed by atoms with Gasteiger partial charge in [-0.15, -0.1) is 0 Å². The first kappa shape index (κ1) is 16.1. The summed E-state index contributed by atoms with van der Waals surface area (Å²) in [6, 6.07) is 0. The van der Waals surface area contributed by atoms with Gasteiger partial charge in [0.25, 0.3) is 0 Å². The number of anilines is 1. The quantitative estimate of drug-likeness (QED) is 0.703. The number of nitrogens with zero attached hydrogens (tertiary/aromatic N) is 3. The molecule has 0 saturated heterocycles. The summed E-state index contributed by atoms with van der Waals surface area (Å²) in [4.78, 5) is 21.3. The number of hydrogen-bond donors (Lipinski definition) is 1. The summed E-state index contributed by atoms with van der Waals surface area (Å²) in [5, 5.41) is 8.58. The van der Waals surface area contributed by atoms with Gasteiger partial charge in [-0.1, -0.05) is 26.7 Å². The van der Waals surface area contributed by atoms with Gasteiger partial charge in [0.05, 0.1) is 0 Å². The van der Waals surface area contributed by atoms with Gasteiger partial charge in [-0.25, -0.2) is 14.8 Å². The molecule has 1 aromatic heterocycles. The highest BCUT2D eigenvalue weighted by Crippen LogP contribution is 2.10. The first-order valence-corrected chi connectivity index (χ1v) is 7.15. The van der Waals surface area contributed by atoms with Gasteiger partial charge in [-0.05, 0) is 18.9 Å². The van der Waals surface area contributed by atoms with Crippen molar-refractivity contribution in [3.05, 3.63) is 24.0 Å². The molecule has 0 unspecified atom stereocenters. The molecule has 5 heteroatoms. The van der Waals surface area contributed by atoms with Gasteiger partial charge in [0.1, 0.15) is 0 Å². The fourth-order valence-electron chi connectivity index (χ4n) is 1.76. The molecule has 0 fully saturated rings. The van der Waals surface area contributed by atoms with E-state index in [1.54, 1.807) is 12.4 Å². The van der Waals surface area contributed by atoms with Crippen molar-refractivity contribution in [2.45, 2.75) is 39.5 Å². The van der Waals surface area contributed by atoms with Crippen LogP contribution in [0.1, 0.15) is 45.1 Å². The summed E-state index contributed by atoms with van der Waals surface area (Å²) in [6.45, 7) is 6.25. The summed E-state index contributed by atoms with van der Waals surface area (Å²) in [7, 11) is 0. The lowest BCUT2D eigenvalue weighted by Gasteiger charge is -2.22. The molecule has 1 rings (SSSR count). The minimum absolute atomic E-state index is 0.696. The molecule has 1 N–H and O–H groups in total. The van der Waals surface area contributed by atoms with Crippen LogP contribution in [0.4, 0.5) is 5.95 Å². The fourth-order valence-corrected chi connectivity index (χ4v) is 1.76. The molecule has 0 bridgehead atoms. The number of unbranched alkanes of at least 4 members (excludes halogenated alkanes) is 2. The van der Waals surface area contributed by atoms with E-state index in [1.807, 2.05) is 0 Å². The molecular weight excluding hydrogens is 254 g/mol. The van der Waals surface area contributed by atoms with Crippen LogP contribution in [0, 0.1) is 0 Å². The van der Waals surface area contributed by atoms with E-state index in [9.17, 15) is 4.79 Å². The Morgan fingerprint density at radius 1 is 1.20 bits per heavy atom. The second-order valence-electron chi connectivity index (χ2n) is 4.68. The normalized spacial score (nSPS) is 10.9. The van der Waals surface area contributed by atoms with Gasteiger partial charge < -0.3 is 10.0 Å². The number of rotatable bonds is 9. The summed E-state index contributed by atoms with van der Waals surface area (Å²) < 4.78 is 0. The molecule has 110 valence electrons. The van der Waals surface area contributed by atoms with E-state index in [-0.39, 0.29) is 0 Å². The van der Waals surface area contributed by atoms with Crippen molar-refractivity contribution in [3.8, 4) is 0 Å². The predicted molar refractivity (Wildman–Crippen MR) is 80.7 cm³/mol. The molecule has 0 aliphatic carbocycles. The molecule has 0 saturated carbocycles. The molecule has 0 atom stereocenters. The van der Waals surface area contributed by atoms with Crippen LogP contribution < -0.4 is 4.90 Å². The third-order valence-corrected chi connectivity index (χ3v) is 2.92. The van der Waals surface area contributed by atoms with Crippen LogP contribution >= 0.6 is 0 Å². The van der Waals surface area contributed by atoms with Gasteiger partial charge in [0, 0.05) is 37.1 Å². The lowest BCUT2D eigenvalue weighted by atomic mass is 10.2. The summed E-state index contributed by atoms with van der Waals surface area (Å²) in [5.74, 6) is -0.249. The maximum Gasteiger partial charge on any atom is 0.328 e. The van der Waals surface area contributed by atoms with Crippen molar-refractivity contribution in [2.24, 2.45) is 0 Å². The standard InChI is InChI=1S/C15H23N3O2/c1-3-5-9-18(10-6-4-2)15-16-11-13(12-17-15)7-8-14(19)20/h7-8,11-12H,3-6,9-10H2,1-2H3,(H,19,20)/b8-7+. The number of carbonyl (C=O) groups is 1. The van der Waals surface area contributed by atoms with Crippen LogP contribution in [-0.4, -0.2) is 34.1 Å². The van der Waals surface area contributed by atoms with Gasteiger partial charge in [0.2, 0.25) is 5.95 Å². The third kappa shape index (κ3) is 5.82. The molecule has 5 nitrogen and oxygen atoms in total. The van der Waals surface area contributed by atoms with E-state index in [4.69, 9.17) is 5.11 Å². The largest absolute Gasteiger partial charge is 0.478 e. The Balaban J connectivity index is 2.72. The Morgan fingerprint density at radius 2 is 1.75 bits per heavy atom. The SMILES string of the molecule is CCCCN(CCCC)c1ncc(/C=C/C(=O)O)cn1. The van der Waals surface area contributed by atoms with E-state index in [0.29, 0.717) is 5.56 Å². The molecule has 0 amide bonds. The van der Waals surface area contributed by atoms with Crippen molar-refractivity contribution < 1.29 is 9.90 Å². The number of aliphatic carboxylic acids is 1. The minimum Gasteiger partial charge on any atom is -0.478 e. The highest BCUT2D eigenvalue weighted by atomic mass is 16.4. The summed E-state index contributed by atoms with van der Waals surface area (Å²) in [5.41, 5.74) is 0.696. The van der Waals surface area contributed by atoms with Gasteiger partial charge in [0.15, 0.2) is 0 Å². The average molecular weight is 277 g/mol. The Labute approximate surface area is 120 Å². The van der Waals surface area contributed by atoms with Gasteiger partial charge in [-0.2, -0.15) is 0 Å². The first-order chi connectivity index (χ1) is 9.67. The predicted octanol–water partition coefficient (Wildman–Crippen LogP) is 2.98. The maximum atomic E-state index is 10.4. The van der Waals surface area contributed by atoms with E-state index in [1.165, 1.54) is 6.08 Å². The zero-order valence-corrected chi connectivity index (χ0v) is 12.2. The Bertz CT molecular complexity index is 421. The number of hydrogen-bond acceptors (Lipinski definition) is 4. The summed E-state index contributed by atoms with van der Waals surface area (Å²) >= 11 is 0. The number of carboxylic acids is 1. The second kappa shape index (κ2) is 9.07. The molecule has 1 heterocycles. The Kier molecular flexibility index (Phi) is 7.32. The molecule has 0 aliphatic heterocycles. The lowest BCUT2D eigenvalue weighted by Crippen LogP contribution is -2.27. The molecule has 0 radical (unpaired) electrons. The van der Waals surface area contributed by atoms with Crippen molar-refractivity contribution in [3.63, 3.8) is 0 Å². The monoisotopic (exact) mass is 277 g/mol.